The summed E-state index contributed by atoms with van der Waals surface area (Å²) >= 11 is 13.5. The van der Waals surface area contributed by atoms with Crippen LogP contribution in [-0.4, -0.2) is 29.3 Å². The van der Waals surface area contributed by atoms with Crippen molar-refractivity contribution in [3.05, 3.63) is 33.4 Å². The van der Waals surface area contributed by atoms with Gasteiger partial charge in [-0.05, 0) is 25.3 Å². The van der Waals surface area contributed by atoms with Crippen molar-refractivity contribution in [3.8, 4) is 5.69 Å². The minimum absolute atomic E-state index is 0.0574. The molecular formula is C15H14Cl2F3N3O2S. The molecule has 0 bridgehead atoms. The molecule has 2 aromatic rings. The average Bonchev–Trinajstić information content (AvgIpc) is 3.11. The molecule has 3 rings (SSSR count). The number of alkyl halides is 3. The van der Waals surface area contributed by atoms with Gasteiger partial charge >= 0.3 is 6.18 Å². The summed E-state index contributed by atoms with van der Waals surface area (Å²) in [6.45, 7) is 2.47. The third-order valence-corrected chi connectivity index (χ3v) is 5.29. The van der Waals surface area contributed by atoms with Crippen LogP contribution in [0, 0.1) is 0 Å². The first-order chi connectivity index (χ1) is 12.1. The van der Waals surface area contributed by atoms with E-state index in [-0.39, 0.29) is 21.6 Å². The Morgan fingerprint density at radius 1 is 1.23 bits per heavy atom. The highest BCUT2D eigenvalue weighted by Gasteiger charge is 2.40. The molecule has 1 aliphatic rings. The van der Waals surface area contributed by atoms with Crippen LogP contribution in [0.15, 0.2) is 17.0 Å². The van der Waals surface area contributed by atoms with Gasteiger partial charge in [-0.25, -0.2) is 4.68 Å². The SMILES string of the molecule is CSc1c(C2(C)OCCO2)nn(-c2c(Cl)cc(C(F)(F)F)cc2Cl)c1N. The van der Waals surface area contributed by atoms with E-state index in [2.05, 4.69) is 5.10 Å². The molecular weight excluding hydrogens is 414 g/mol. The number of ether oxygens (including phenoxy) is 2. The Labute approximate surface area is 161 Å². The second-order valence-corrected chi connectivity index (χ2v) is 7.24. The van der Waals surface area contributed by atoms with Gasteiger partial charge < -0.3 is 15.2 Å². The number of hydrogen-bond donors (Lipinski definition) is 1. The fourth-order valence-corrected chi connectivity index (χ4v) is 4.03. The van der Waals surface area contributed by atoms with Crippen molar-refractivity contribution in [1.29, 1.82) is 0 Å². The molecule has 0 aliphatic carbocycles. The maximum Gasteiger partial charge on any atom is 0.416 e. The molecule has 2 heterocycles. The van der Waals surface area contributed by atoms with E-state index in [1.165, 1.54) is 16.4 Å². The monoisotopic (exact) mass is 427 g/mol. The molecule has 11 heteroatoms. The maximum absolute atomic E-state index is 12.9. The van der Waals surface area contributed by atoms with Gasteiger partial charge in [0.1, 0.15) is 17.2 Å². The van der Waals surface area contributed by atoms with E-state index in [1.54, 1.807) is 13.2 Å². The minimum Gasteiger partial charge on any atom is -0.383 e. The number of halogens is 5. The van der Waals surface area contributed by atoms with Crippen molar-refractivity contribution in [2.75, 3.05) is 25.2 Å². The number of nitrogens with zero attached hydrogens (tertiary/aromatic N) is 2. The number of anilines is 1. The molecule has 1 aromatic heterocycles. The van der Waals surface area contributed by atoms with E-state index < -0.39 is 17.5 Å². The Bertz CT molecular complexity index is 828. The van der Waals surface area contributed by atoms with Gasteiger partial charge in [-0.3, -0.25) is 0 Å². The first-order valence-electron chi connectivity index (χ1n) is 7.36. The molecule has 26 heavy (non-hydrogen) atoms. The van der Waals surface area contributed by atoms with E-state index in [1.807, 2.05) is 0 Å². The second-order valence-electron chi connectivity index (χ2n) is 5.61. The number of thioether (sulfide) groups is 1. The first-order valence-corrected chi connectivity index (χ1v) is 9.34. The van der Waals surface area contributed by atoms with E-state index in [4.69, 9.17) is 38.4 Å². The predicted molar refractivity (Wildman–Crippen MR) is 94.0 cm³/mol. The second kappa shape index (κ2) is 6.79. The van der Waals surface area contributed by atoms with Gasteiger partial charge in [-0.2, -0.15) is 18.3 Å². The van der Waals surface area contributed by atoms with Gasteiger partial charge in [0.25, 0.3) is 0 Å². The van der Waals surface area contributed by atoms with Crippen LogP contribution in [0.3, 0.4) is 0 Å². The summed E-state index contributed by atoms with van der Waals surface area (Å²) in [6.07, 6.45) is -2.79. The summed E-state index contributed by atoms with van der Waals surface area (Å²) in [5, 5.41) is 3.94. The Hall–Kier alpha value is -1.13. The zero-order valence-electron chi connectivity index (χ0n) is 13.7. The Balaban J connectivity index is 2.18. The first kappa shape index (κ1) is 19.6. The minimum atomic E-state index is -4.57. The molecule has 1 aliphatic heterocycles. The largest absolute Gasteiger partial charge is 0.416 e. The molecule has 0 saturated carbocycles. The van der Waals surface area contributed by atoms with E-state index >= 15 is 0 Å². The van der Waals surface area contributed by atoms with Crippen LogP contribution < -0.4 is 5.73 Å². The number of nitrogen functional groups attached to an aromatic ring is 1. The van der Waals surface area contributed by atoms with Crippen LogP contribution in [0.5, 0.6) is 0 Å². The summed E-state index contributed by atoms with van der Waals surface area (Å²) in [4.78, 5) is 0.571. The quantitative estimate of drug-likeness (QED) is 0.717. The molecule has 2 N–H and O–H groups in total. The van der Waals surface area contributed by atoms with Crippen molar-refractivity contribution in [1.82, 2.24) is 9.78 Å². The standard InChI is InChI=1S/C15H14Cl2F3N3O2S/c1-14(24-3-4-25-14)12-11(26-2)13(21)23(22-12)10-8(16)5-7(6-9(10)17)15(18,19)20/h5-6H,3-4,21H2,1-2H3. The molecule has 0 atom stereocenters. The lowest BCUT2D eigenvalue weighted by molar-refractivity contribution is -0.154. The summed E-state index contributed by atoms with van der Waals surface area (Å²) < 4.78 is 51.3. The van der Waals surface area contributed by atoms with Crippen molar-refractivity contribution in [2.24, 2.45) is 0 Å². The van der Waals surface area contributed by atoms with Crippen LogP contribution in [0.4, 0.5) is 19.0 Å². The Morgan fingerprint density at radius 2 is 1.77 bits per heavy atom. The Kier molecular flexibility index (Phi) is 5.13. The maximum atomic E-state index is 12.9. The van der Waals surface area contributed by atoms with Crippen molar-refractivity contribution in [3.63, 3.8) is 0 Å². The topological polar surface area (TPSA) is 62.3 Å². The number of benzene rings is 1. The highest BCUT2D eigenvalue weighted by atomic mass is 35.5. The summed E-state index contributed by atoms with van der Waals surface area (Å²) in [6, 6.07) is 1.57. The summed E-state index contributed by atoms with van der Waals surface area (Å²) in [5.41, 5.74) is 5.67. The zero-order chi connectivity index (χ0) is 19.3. The number of rotatable bonds is 3. The van der Waals surface area contributed by atoms with E-state index in [9.17, 15) is 13.2 Å². The van der Waals surface area contributed by atoms with Gasteiger partial charge in [-0.15, -0.1) is 11.8 Å². The van der Waals surface area contributed by atoms with Gasteiger partial charge in [0.15, 0.2) is 0 Å². The number of nitrogens with two attached hydrogens (primary N) is 1. The highest BCUT2D eigenvalue weighted by molar-refractivity contribution is 7.98. The predicted octanol–water partition coefficient (Wildman–Crippen LogP) is 4.72. The van der Waals surface area contributed by atoms with Crippen LogP contribution in [0.2, 0.25) is 10.0 Å². The van der Waals surface area contributed by atoms with Crippen molar-refractivity contribution in [2.45, 2.75) is 23.8 Å². The van der Waals surface area contributed by atoms with Gasteiger partial charge in [0.05, 0.1) is 33.7 Å². The fourth-order valence-electron chi connectivity index (χ4n) is 2.67. The lowest BCUT2D eigenvalue weighted by Gasteiger charge is -2.20. The molecule has 0 spiro atoms. The molecule has 142 valence electrons. The Morgan fingerprint density at radius 3 is 2.23 bits per heavy atom. The van der Waals surface area contributed by atoms with Crippen LogP contribution in [-0.2, 0) is 21.4 Å². The van der Waals surface area contributed by atoms with Gasteiger partial charge in [-0.1, -0.05) is 23.2 Å². The van der Waals surface area contributed by atoms with Crippen molar-refractivity contribution >= 4 is 40.8 Å². The molecule has 0 radical (unpaired) electrons. The van der Waals surface area contributed by atoms with E-state index in [0.717, 1.165) is 12.1 Å². The highest BCUT2D eigenvalue weighted by Crippen LogP contribution is 2.43. The van der Waals surface area contributed by atoms with Crippen LogP contribution >= 0.6 is 35.0 Å². The average molecular weight is 428 g/mol. The molecule has 1 saturated heterocycles. The van der Waals surface area contributed by atoms with E-state index in [0.29, 0.717) is 23.8 Å². The van der Waals surface area contributed by atoms with Crippen LogP contribution in [0.1, 0.15) is 18.2 Å². The molecule has 5 nitrogen and oxygen atoms in total. The third kappa shape index (κ3) is 3.27. The number of aromatic nitrogens is 2. The summed E-state index contributed by atoms with van der Waals surface area (Å²) in [5.74, 6) is -0.931. The summed E-state index contributed by atoms with van der Waals surface area (Å²) in [7, 11) is 0. The molecule has 0 amide bonds. The van der Waals surface area contributed by atoms with Gasteiger partial charge in [0, 0.05) is 0 Å². The number of hydrogen-bond acceptors (Lipinski definition) is 5. The lowest BCUT2D eigenvalue weighted by Crippen LogP contribution is -2.24. The molecule has 1 aromatic carbocycles. The smallest absolute Gasteiger partial charge is 0.383 e. The third-order valence-electron chi connectivity index (χ3n) is 3.90. The van der Waals surface area contributed by atoms with Crippen molar-refractivity contribution < 1.29 is 22.6 Å². The van der Waals surface area contributed by atoms with Gasteiger partial charge in [0.2, 0.25) is 5.79 Å². The normalized spacial score (nSPS) is 17.0. The molecule has 0 unspecified atom stereocenters. The fraction of sp³-hybridized carbons (Fsp3) is 0.400. The zero-order valence-corrected chi connectivity index (χ0v) is 16.0. The van der Waals surface area contributed by atoms with Crippen LogP contribution in [0.25, 0.3) is 5.69 Å². The lowest BCUT2D eigenvalue weighted by atomic mass is 10.2. The molecule has 1 fully saturated rings.